The van der Waals surface area contributed by atoms with Gasteiger partial charge in [-0.15, -0.1) is 0 Å². The number of piperazine rings is 1. The second kappa shape index (κ2) is 16.4. The lowest BCUT2D eigenvalue weighted by atomic mass is 9.97. The molecule has 3 saturated heterocycles. The summed E-state index contributed by atoms with van der Waals surface area (Å²) >= 11 is 0. The van der Waals surface area contributed by atoms with Crippen molar-refractivity contribution in [2.75, 3.05) is 80.0 Å². The summed E-state index contributed by atoms with van der Waals surface area (Å²) in [5, 5.41) is 6.81. The lowest BCUT2D eigenvalue weighted by Crippen LogP contribution is -2.63. The third-order valence-corrected chi connectivity index (χ3v) is 12.1. The Morgan fingerprint density at radius 2 is 1.65 bits per heavy atom. The van der Waals surface area contributed by atoms with Gasteiger partial charge in [-0.25, -0.2) is 18.8 Å². The van der Waals surface area contributed by atoms with Gasteiger partial charge in [0.2, 0.25) is 17.8 Å². The van der Waals surface area contributed by atoms with Crippen LogP contribution in [0.3, 0.4) is 0 Å². The van der Waals surface area contributed by atoms with E-state index in [1.54, 1.807) is 29.8 Å². The van der Waals surface area contributed by atoms with E-state index in [4.69, 9.17) is 4.74 Å². The molecule has 2 aromatic carbocycles. The average Bonchev–Trinajstić information content (AvgIpc) is 3.45. The molecule has 5 aliphatic heterocycles. The smallest absolute Gasteiger partial charge is 0.342 e. The van der Waals surface area contributed by atoms with E-state index in [2.05, 4.69) is 26.0 Å². The number of hydrogen-bond donors (Lipinski definition) is 3. The standard InChI is InChI=1S/C41H45F4N11O7/c1-22(2)55-21-41(44,45)38(62)51(3)29-19-46-39(49-33(29)55)47-27-8-5-23(17-30(27)63-4)34(58)50-54-15-13-52(14-16-54)31-11-12-53(20-40(31,42)43)24-6-7-25-26(18-24)37(61)56(36(25)60)28-9-10-32(57)48-35(28)59/h5-8,17-19,22,28,31H,9-16,20-21H2,1-4H3,(H,50,58)(H,46,47,49)(H,48,57,59). The highest BCUT2D eigenvalue weighted by Gasteiger charge is 2.50. The minimum absolute atomic E-state index is 0.000197. The fraction of sp³-hybridized carbons (Fsp3) is 0.463. The maximum atomic E-state index is 15.9. The van der Waals surface area contributed by atoms with Crippen LogP contribution in [0.2, 0.25) is 0 Å². The van der Waals surface area contributed by atoms with Crippen LogP contribution in [0.5, 0.6) is 5.75 Å². The Hall–Kier alpha value is -6.42. The minimum Gasteiger partial charge on any atom is -0.495 e. The number of hydrogen-bond acceptors (Lipinski definition) is 14. The normalized spacial score (nSPS) is 22.8. The van der Waals surface area contributed by atoms with Crippen LogP contribution < -0.4 is 35.5 Å². The van der Waals surface area contributed by atoms with E-state index in [1.807, 2.05) is 0 Å². The van der Waals surface area contributed by atoms with Gasteiger partial charge in [-0.1, -0.05) is 0 Å². The molecular weight excluding hydrogens is 835 g/mol. The highest BCUT2D eigenvalue weighted by atomic mass is 19.3. The van der Waals surface area contributed by atoms with E-state index < -0.39 is 78.5 Å². The largest absolute Gasteiger partial charge is 0.495 e. The molecule has 5 aliphatic rings. The number of carbonyl (C=O) groups is 6. The van der Waals surface area contributed by atoms with Crippen molar-refractivity contribution in [2.45, 2.75) is 63.1 Å². The zero-order valence-electron chi connectivity index (χ0n) is 34.8. The molecule has 8 rings (SSSR count). The number of alkyl halides is 4. The number of fused-ring (bicyclic) bond motifs is 2. The van der Waals surface area contributed by atoms with Crippen LogP contribution in [0, 0.1) is 0 Å². The number of aromatic nitrogens is 2. The van der Waals surface area contributed by atoms with E-state index in [0.717, 1.165) is 9.80 Å². The molecule has 6 amide bonds. The molecule has 22 heteroatoms. The van der Waals surface area contributed by atoms with Crippen molar-refractivity contribution in [3.05, 3.63) is 59.3 Å². The quantitative estimate of drug-likeness (QED) is 0.210. The molecule has 18 nitrogen and oxygen atoms in total. The summed E-state index contributed by atoms with van der Waals surface area (Å²) in [7, 11) is 2.64. The fourth-order valence-electron chi connectivity index (χ4n) is 8.68. The first-order chi connectivity index (χ1) is 29.9. The number of carbonyl (C=O) groups excluding carboxylic acids is 6. The topological polar surface area (TPSA) is 193 Å². The third-order valence-electron chi connectivity index (χ3n) is 12.1. The summed E-state index contributed by atoms with van der Waals surface area (Å²) in [4.78, 5) is 91.3. The van der Waals surface area contributed by atoms with Crippen LogP contribution in [-0.2, 0) is 14.4 Å². The minimum atomic E-state index is -3.65. The molecule has 2 atom stereocenters. The van der Waals surface area contributed by atoms with Crippen LogP contribution in [0.25, 0.3) is 0 Å². The van der Waals surface area contributed by atoms with Crippen molar-refractivity contribution in [2.24, 2.45) is 0 Å². The lowest BCUT2D eigenvalue weighted by Gasteiger charge is -2.46. The predicted molar refractivity (Wildman–Crippen MR) is 218 cm³/mol. The highest BCUT2D eigenvalue weighted by molar-refractivity contribution is 6.23. The molecule has 3 aromatic rings. The molecule has 0 saturated carbocycles. The van der Waals surface area contributed by atoms with Gasteiger partial charge in [-0.3, -0.25) is 49.3 Å². The zero-order chi connectivity index (χ0) is 45.1. The Kier molecular flexibility index (Phi) is 11.2. The second-order valence-electron chi connectivity index (χ2n) is 16.4. The average molecular weight is 880 g/mol. The van der Waals surface area contributed by atoms with Crippen molar-refractivity contribution in [1.82, 2.24) is 35.5 Å². The van der Waals surface area contributed by atoms with Gasteiger partial charge in [0.25, 0.3) is 29.6 Å². The number of anilines is 5. The number of rotatable bonds is 9. The molecule has 0 radical (unpaired) electrons. The van der Waals surface area contributed by atoms with Gasteiger partial charge >= 0.3 is 5.92 Å². The van der Waals surface area contributed by atoms with Crippen molar-refractivity contribution in [3.8, 4) is 5.75 Å². The van der Waals surface area contributed by atoms with E-state index in [1.165, 1.54) is 60.5 Å². The fourth-order valence-corrected chi connectivity index (χ4v) is 8.68. The van der Waals surface area contributed by atoms with E-state index in [0.29, 0.717) is 11.4 Å². The summed E-state index contributed by atoms with van der Waals surface area (Å²) in [5.74, 6) is -10.9. The Morgan fingerprint density at radius 3 is 2.33 bits per heavy atom. The Labute approximate surface area is 358 Å². The molecule has 2 unspecified atom stereocenters. The monoisotopic (exact) mass is 879 g/mol. The summed E-state index contributed by atoms with van der Waals surface area (Å²) < 4.78 is 66.9. The molecule has 334 valence electrons. The van der Waals surface area contributed by atoms with Gasteiger partial charge < -0.3 is 24.8 Å². The number of amides is 6. The maximum absolute atomic E-state index is 15.9. The number of nitrogens with zero attached hydrogens (tertiary/aromatic N) is 8. The first-order valence-corrected chi connectivity index (χ1v) is 20.4. The zero-order valence-corrected chi connectivity index (χ0v) is 34.8. The Morgan fingerprint density at radius 1 is 0.921 bits per heavy atom. The van der Waals surface area contributed by atoms with E-state index in [-0.39, 0.29) is 91.9 Å². The third kappa shape index (κ3) is 8.07. The number of hydrazine groups is 1. The molecular formula is C41H45F4N11O7. The molecule has 3 fully saturated rings. The molecule has 0 bridgehead atoms. The predicted octanol–water partition coefficient (Wildman–Crippen LogP) is 2.63. The first-order valence-electron chi connectivity index (χ1n) is 20.4. The number of piperidine rings is 2. The van der Waals surface area contributed by atoms with Crippen molar-refractivity contribution >= 4 is 64.3 Å². The number of ether oxygens (including phenoxy) is 1. The molecule has 63 heavy (non-hydrogen) atoms. The number of nitrogens with one attached hydrogen (secondary N) is 3. The summed E-state index contributed by atoms with van der Waals surface area (Å²) in [6.45, 7) is 3.18. The number of imide groups is 2. The number of methoxy groups -OCH3 is 1. The Balaban J connectivity index is 0.864. The first kappa shape index (κ1) is 43.2. The molecule has 0 spiro atoms. The van der Waals surface area contributed by atoms with Crippen molar-refractivity contribution in [3.63, 3.8) is 0 Å². The van der Waals surface area contributed by atoms with Crippen molar-refractivity contribution in [1.29, 1.82) is 0 Å². The van der Waals surface area contributed by atoms with Crippen LogP contribution in [-0.4, -0.2) is 150 Å². The number of benzene rings is 2. The molecule has 6 heterocycles. The highest BCUT2D eigenvalue weighted by Crippen LogP contribution is 2.39. The van der Waals surface area contributed by atoms with Crippen LogP contribution >= 0.6 is 0 Å². The van der Waals surface area contributed by atoms with Gasteiger partial charge in [0.05, 0.1) is 49.3 Å². The maximum Gasteiger partial charge on any atom is 0.342 e. The second-order valence-corrected chi connectivity index (χ2v) is 16.4. The van der Waals surface area contributed by atoms with Gasteiger partial charge in [-0.05, 0) is 63.1 Å². The van der Waals surface area contributed by atoms with Gasteiger partial charge in [-0.2, -0.15) is 13.8 Å². The number of halogens is 4. The van der Waals surface area contributed by atoms with Gasteiger partial charge in [0, 0.05) is 63.5 Å². The van der Waals surface area contributed by atoms with E-state index in [9.17, 15) is 37.5 Å². The summed E-state index contributed by atoms with van der Waals surface area (Å²) in [6.07, 6.45) is 1.36. The van der Waals surface area contributed by atoms with Crippen LogP contribution in [0.1, 0.15) is 64.2 Å². The van der Waals surface area contributed by atoms with Crippen LogP contribution in [0.15, 0.2) is 42.6 Å². The molecule has 1 aromatic heterocycles. The van der Waals surface area contributed by atoms with E-state index >= 15 is 8.78 Å². The SMILES string of the molecule is COc1cc(C(=O)NN2CCN(C3CCN(c4ccc5c(c4)C(=O)N(C4CCC(=O)NC4=O)C5=O)CC3(F)F)CC2)ccc1Nc1ncc2c(n1)N(C(C)C)CC(F)(F)C(=O)N2C. The summed E-state index contributed by atoms with van der Waals surface area (Å²) in [6, 6.07) is 6.25. The summed E-state index contributed by atoms with van der Waals surface area (Å²) in [5.41, 5.74) is 3.96. The molecule has 0 aliphatic carbocycles. The van der Waals surface area contributed by atoms with Gasteiger partial charge in [0.1, 0.15) is 17.5 Å². The van der Waals surface area contributed by atoms with Crippen LogP contribution in [0.4, 0.5) is 46.4 Å². The lowest BCUT2D eigenvalue weighted by molar-refractivity contribution is -0.140. The Bertz CT molecular complexity index is 2400. The van der Waals surface area contributed by atoms with Gasteiger partial charge in [0.15, 0.2) is 5.82 Å². The van der Waals surface area contributed by atoms with Crippen molar-refractivity contribution < 1.29 is 51.1 Å². The molecule has 3 N–H and O–H groups in total.